The number of nitrogens with two attached hydrogens (primary N) is 1. The van der Waals surface area contributed by atoms with Crippen molar-refractivity contribution in [1.29, 1.82) is 0 Å². The van der Waals surface area contributed by atoms with Crippen molar-refractivity contribution in [2.75, 3.05) is 0 Å². The fourth-order valence-corrected chi connectivity index (χ4v) is 2.39. The predicted octanol–water partition coefficient (Wildman–Crippen LogP) is 1.49. The number of carboxylic acids is 1. The number of carboxylic acid groups (broad SMARTS) is 1. The van der Waals surface area contributed by atoms with Gasteiger partial charge in [-0.25, -0.2) is 9.78 Å². The molecule has 6 nitrogen and oxygen atoms in total. The molecule has 3 N–H and O–H groups in total. The number of fused-ring (bicyclic) bond motifs is 1. The van der Waals surface area contributed by atoms with Crippen LogP contribution >= 0.6 is 0 Å². The van der Waals surface area contributed by atoms with Crippen molar-refractivity contribution in [1.82, 2.24) is 9.55 Å². The Morgan fingerprint density at radius 1 is 1.40 bits per heavy atom. The van der Waals surface area contributed by atoms with Gasteiger partial charge in [-0.3, -0.25) is 4.79 Å². The minimum absolute atomic E-state index is 0.222. The van der Waals surface area contributed by atoms with E-state index in [1.54, 1.807) is 18.2 Å². The largest absolute Gasteiger partial charge is 0.478 e. The molecule has 0 bridgehead atoms. The first-order chi connectivity index (χ1) is 9.56. The van der Waals surface area contributed by atoms with Crippen molar-refractivity contribution < 1.29 is 14.7 Å². The average molecular weight is 273 g/mol. The van der Waals surface area contributed by atoms with Crippen molar-refractivity contribution in [2.45, 2.75) is 31.7 Å². The Labute approximate surface area is 115 Å². The lowest BCUT2D eigenvalue weighted by Gasteiger charge is -2.07. The zero-order valence-corrected chi connectivity index (χ0v) is 10.9. The van der Waals surface area contributed by atoms with Gasteiger partial charge in [-0.1, -0.05) is 0 Å². The summed E-state index contributed by atoms with van der Waals surface area (Å²) in [7, 11) is 0. The summed E-state index contributed by atoms with van der Waals surface area (Å²) in [6, 6.07) is 4.88. The van der Waals surface area contributed by atoms with Crippen molar-refractivity contribution in [2.24, 2.45) is 5.73 Å². The number of carbonyl (C=O) groups excluding carboxylic acids is 1. The number of primary amides is 1. The molecule has 0 saturated heterocycles. The Bertz CT molecular complexity index is 701. The summed E-state index contributed by atoms with van der Waals surface area (Å²) in [4.78, 5) is 26.5. The fraction of sp³-hybridized carbons (Fsp3) is 0.357. The Morgan fingerprint density at radius 2 is 2.15 bits per heavy atom. The van der Waals surface area contributed by atoms with Crippen LogP contribution in [0.4, 0.5) is 0 Å². The van der Waals surface area contributed by atoms with Crippen molar-refractivity contribution >= 4 is 22.9 Å². The molecule has 1 aliphatic rings. The summed E-state index contributed by atoms with van der Waals surface area (Å²) in [5, 5.41) is 9.02. The molecule has 0 spiro atoms. The zero-order valence-electron chi connectivity index (χ0n) is 10.9. The molecule has 0 unspecified atom stereocenters. The van der Waals surface area contributed by atoms with Gasteiger partial charge in [0.1, 0.15) is 5.82 Å². The summed E-state index contributed by atoms with van der Waals surface area (Å²) in [5.41, 5.74) is 6.95. The van der Waals surface area contributed by atoms with E-state index in [0.29, 0.717) is 18.0 Å². The first kappa shape index (κ1) is 12.7. The van der Waals surface area contributed by atoms with E-state index in [1.807, 2.05) is 4.57 Å². The normalized spacial score (nSPS) is 14.6. The third kappa shape index (κ3) is 2.24. The molecule has 1 aromatic carbocycles. The summed E-state index contributed by atoms with van der Waals surface area (Å²) < 4.78 is 1.99. The number of aromatic nitrogens is 2. The van der Waals surface area contributed by atoms with E-state index in [2.05, 4.69) is 4.98 Å². The highest BCUT2D eigenvalue weighted by molar-refractivity contribution is 5.92. The highest BCUT2D eigenvalue weighted by atomic mass is 16.4. The minimum Gasteiger partial charge on any atom is -0.478 e. The van der Waals surface area contributed by atoms with Crippen LogP contribution in [0.25, 0.3) is 11.0 Å². The standard InChI is InChI=1S/C14H15N3O3/c15-12(18)5-6-17-11-4-3-9(14(19)20)7-10(11)16-13(17)8-1-2-8/h3-4,7-8H,1-2,5-6H2,(H2,15,18)(H,19,20). The van der Waals surface area contributed by atoms with Gasteiger partial charge in [0.25, 0.3) is 0 Å². The molecule has 1 aromatic heterocycles. The zero-order chi connectivity index (χ0) is 14.3. The first-order valence-corrected chi connectivity index (χ1v) is 6.58. The third-order valence-corrected chi connectivity index (χ3v) is 3.55. The Hall–Kier alpha value is -2.37. The van der Waals surface area contributed by atoms with Gasteiger partial charge < -0.3 is 15.4 Å². The van der Waals surface area contributed by atoms with E-state index in [4.69, 9.17) is 10.8 Å². The third-order valence-electron chi connectivity index (χ3n) is 3.55. The Morgan fingerprint density at radius 3 is 2.75 bits per heavy atom. The number of imidazole rings is 1. The van der Waals surface area contributed by atoms with Gasteiger partial charge >= 0.3 is 5.97 Å². The van der Waals surface area contributed by atoms with Crippen LogP contribution < -0.4 is 5.73 Å². The van der Waals surface area contributed by atoms with E-state index < -0.39 is 5.97 Å². The van der Waals surface area contributed by atoms with Crippen LogP contribution in [-0.2, 0) is 11.3 Å². The second-order valence-electron chi connectivity index (χ2n) is 5.12. The van der Waals surface area contributed by atoms with E-state index in [-0.39, 0.29) is 17.9 Å². The van der Waals surface area contributed by atoms with Crippen LogP contribution in [0.1, 0.15) is 41.4 Å². The maximum atomic E-state index is 11.0. The lowest BCUT2D eigenvalue weighted by Crippen LogP contribution is -2.15. The number of benzene rings is 1. The first-order valence-electron chi connectivity index (χ1n) is 6.58. The van der Waals surface area contributed by atoms with Gasteiger partial charge in [-0.2, -0.15) is 0 Å². The van der Waals surface area contributed by atoms with Crippen LogP contribution in [0.3, 0.4) is 0 Å². The summed E-state index contributed by atoms with van der Waals surface area (Å²) >= 11 is 0. The minimum atomic E-state index is -0.966. The average Bonchev–Trinajstić information content (AvgIpc) is 3.17. The lowest BCUT2D eigenvalue weighted by atomic mass is 10.2. The van der Waals surface area contributed by atoms with Gasteiger partial charge in [0, 0.05) is 18.9 Å². The van der Waals surface area contributed by atoms with Crippen LogP contribution in [0.15, 0.2) is 18.2 Å². The van der Waals surface area contributed by atoms with Crippen LogP contribution in [-0.4, -0.2) is 26.5 Å². The molecular formula is C14H15N3O3. The Balaban J connectivity index is 2.07. The monoisotopic (exact) mass is 273 g/mol. The molecule has 0 aliphatic heterocycles. The molecular weight excluding hydrogens is 258 g/mol. The number of aromatic carboxylic acids is 1. The molecule has 6 heteroatoms. The second kappa shape index (κ2) is 4.63. The van der Waals surface area contributed by atoms with Gasteiger partial charge in [0.05, 0.1) is 16.6 Å². The van der Waals surface area contributed by atoms with Crippen LogP contribution in [0, 0.1) is 0 Å². The van der Waals surface area contributed by atoms with Gasteiger partial charge in [0.2, 0.25) is 5.91 Å². The number of carbonyl (C=O) groups is 2. The number of hydrogen-bond donors (Lipinski definition) is 2. The highest BCUT2D eigenvalue weighted by Crippen LogP contribution is 2.40. The Kier molecular flexibility index (Phi) is 2.93. The smallest absolute Gasteiger partial charge is 0.335 e. The lowest BCUT2D eigenvalue weighted by molar-refractivity contribution is -0.118. The molecule has 0 atom stereocenters. The van der Waals surface area contributed by atoms with Crippen molar-refractivity contribution in [3.05, 3.63) is 29.6 Å². The fourth-order valence-electron chi connectivity index (χ4n) is 2.39. The SMILES string of the molecule is NC(=O)CCn1c(C2CC2)nc2cc(C(=O)O)ccc21. The molecule has 3 rings (SSSR count). The molecule has 1 aliphatic carbocycles. The maximum absolute atomic E-state index is 11.0. The van der Waals surface area contributed by atoms with Crippen LogP contribution in [0.2, 0.25) is 0 Å². The number of rotatable bonds is 5. The van der Waals surface area contributed by atoms with Gasteiger partial charge in [-0.05, 0) is 31.0 Å². The maximum Gasteiger partial charge on any atom is 0.335 e. The second-order valence-corrected chi connectivity index (χ2v) is 5.12. The highest BCUT2D eigenvalue weighted by Gasteiger charge is 2.29. The molecule has 20 heavy (non-hydrogen) atoms. The molecule has 2 aromatic rings. The number of amides is 1. The summed E-state index contributed by atoms with van der Waals surface area (Å²) in [6.45, 7) is 0.490. The number of hydrogen-bond acceptors (Lipinski definition) is 3. The molecule has 1 heterocycles. The topological polar surface area (TPSA) is 98.2 Å². The van der Waals surface area contributed by atoms with Gasteiger partial charge in [0.15, 0.2) is 0 Å². The van der Waals surface area contributed by atoms with E-state index >= 15 is 0 Å². The van der Waals surface area contributed by atoms with Crippen molar-refractivity contribution in [3.8, 4) is 0 Å². The predicted molar refractivity (Wildman–Crippen MR) is 72.5 cm³/mol. The quantitative estimate of drug-likeness (QED) is 0.862. The van der Waals surface area contributed by atoms with Crippen LogP contribution in [0.5, 0.6) is 0 Å². The summed E-state index contributed by atoms with van der Waals surface area (Å²) in [5.74, 6) is 0.0367. The molecule has 1 amide bonds. The van der Waals surface area contributed by atoms with Gasteiger partial charge in [-0.15, -0.1) is 0 Å². The van der Waals surface area contributed by atoms with Crippen molar-refractivity contribution in [3.63, 3.8) is 0 Å². The number of aryl methyl sites for hydroxylation is 1. The van der Waals surface area contributed by atoms with E-state index in [9.17, 15) is 9.59 Å². The summed E-state index contributed by atoms with van der Waals surface area (Å²) in [6.07, 6.45) is 2.43. The molecule has 1 saturated carbocycles. The number of nitrogens with zero attached hydrogens (tertiary/aromatic N) is 2. The molecule has 1 fully saturated rings. The molecule has 104 valence electrons. The molecule has 0 radical (unpaired) electrons. The van der Waals surface area contributed by atoms with E-state index in [0.717, 1.165) is 24.2 Å². The van der Waals surface area contributed by atoms with E-state index in [1.165, 1.54) is 0 Å².